The summed E-state index contributed by atoms with van der Waals surface area (Å²) in [5.41, 5.74) is 8.50. The van der Waals surface area contributed by atoms with Gasteiger partial charge in [0, 0.05) is 32.7 Å². The van der Waals surface area contributed by atoms with Gasteiger partial charge in [0.05, 0.1) is 43.5 Å². The summed E-state index contributed by atoms with van der Waals surface area (Å²) in [5, 5.41) is 28.3. The Morgan fingerprint density at radius 1 is 0.544 bits per heavy atom. The zero-order valence-corrected chi connectivity index (χ0v) is 45.2. The molecule has 16 heteroatoms. The van der Waals surface area contributed by atoms with Gasteiger partial charge in [-0.15, -0.1) is 22.7 Å². The van der Waals surface area contributed by atoms with Crippen LogP contribution in [0.2, 0.25) is 5.02 Å². The molecular weight excluding hydrogens is 1060 g/mol. The Kier molecular flexibility index (Phi) is 14.1. The molecule has 0 unspecified atom stereocenters. The van der Waals surface area contributed by atoms with E-state index < -0.39 is 29.6 Å². The quantitative estimate of drug-likeness (QED) is 0.0607. The summed E-state index contributed by atoms with van der Waals surface area (Å²) < 4.78 is 45.2. The van der Waals surface area contributed by atoms with E-state index in [1.807, 2.05) is 170 Å². The lowest BCUT2D eigenvalue weighted by atomic mass is 9.50. The summed E-state index contributed by atoms with van der Waals surface area (Å²) in [5.74, 6) is 0.0236. The van der Waals surface area contributed by atoms with Crippen LogP contribution < -0.4 is 37.3 Å². The van der Waals surface area contributed by atoms with Crippen LogP contribution in [0.25, 0.3) is 64.9 Å². The van der Waals surface area contributed by atoms with Gasteiger partial charge in [-0.25, -0.2) is 9.97 Å². The van der Waals surface area contributed by atoms with Gasteiger partial charge in [-0.05, 0) is 66.6 Å². The predicted molar refractivity (Wildman–Crippen MR) is 324 cm³/mol. The van der Waals surface area contributed by atoms with Gasteiger partial charge in [-0.3, -0.25) is 4.55 Å². The van der Waals surface area contributed by atoms with Gasteiger partial charge < -0.3 is 13.7 Å². The maximum absolute atomic E-state index is 12.2. The van der Waals surface area contributed by atoms with Crippen molar-refractivity contribution in [2.24, 2.45) is 0 Å². The first-order chi connectivity index (χ1) is 38.7. The number of hydrogen-bond acceptors (Lipinski definition) is 9. The number of rotatable bonds is 15. The van der Waals surface area contributed by atoms with Crippen LogP contribution in [0.3, 0.4) is 0 Å². The standard InChI is InChI=1S/C63H43B2ClN6O4S3/c66-51-29-14-13-28-48(51)59-57-56(60(49(40-67)62-69-52-30-15-17-32-54(52)77-62)72(59)65(45-24-9-3-10-25-45)46-26-11-4-12-27-46)58(42-34-36-47(37-35-42)76-38-19-39-79(73,74)75)71(64(43-20-5-1-6-21-43)44-22-7-2-8-23-44)61(57)50(41-68)63-70-53-31-16-18-33-55(53)78-63/h1-18,20-37H,19,38-39H2,(H,73,74,75)/b60-49-,61-50-. The van der Waals surface area contributed by atoms with E-state index >= 15 is 0 Å². The lowest BCUT2D eigenvalue weighted by Gasteiger charge is -2.24. The Labute approximate surface area is 469 Å². The molecule has 0 aliphatic rings. The largest absolute Gasteiger partial charge is 0.494 e. The van der Waals surface area contributed by atoms with E-state index in [4.69, 9.17) is 26.3 Å². The van der Waals surface area contributed by atoms with Gasteiger partial charge in [-0.1, -0.05) is 197 Å². The highest BCUT2D eigenvalue weighted by Crippen LogP contribution is 2.40. The Balaban J connectivity index is 1.39. The maximum Gasteiger partial charge on any atom is 0.328 e. The molecule has 0 amide bonds. The van der Waals surface area contributed by atoms with Crippen molar-refractivity contribution in [3.8, 4) is 40.4 Å². The molecule has 8 aromatic carbocycles. The molecule has 0 spiro atoms. The topological polar surface area (TPSA) is 147 Å². The second kappa shape index (κ2) is 21.9. The lowest BCUT2D eigenvalue weighted by Crippen LogP contribution is -2.54. The minimum Gasteiger partial charge on any atom is -0.494 e. The third-order valence-corrected chi connectivity index (χ3v) is 17.2. The zero-order valence-electron chi connectivity index (χ0n) is 42.0. The smallest absolute Gasteiger partial charge is 0.328 e. The third-order valence-electron chi connectivity index (χ3n) is 13.9. The van der Waals surface area contributed by atoms with Crippen molar-refractivity contribution >= 4 is 122 Å². The van der Waals surface area contributed by atoms with E-state index in [-0.39, 0.29) is 13.0 Å². The molecule has 0 atom stereocenters. The number of thiazole rings is 2. The normalized spacial score (nSPS) is 12.3. The highest BCUT2D eigenvalue weighted by molar-refractivity contribution is 7.85. The van der Waals surface area contributed by atoms with E-state index in [2.05, 4.69) is 69.6 Å². The molecular formula is C63H43B2ClN6O4S3. The van der Waals surface area contributed by atoms with Crippen molar-refractivity contribution in [1.82, 2.24) is 18.9 Å². The minimum atomic E-state index is -4.19. The van der Waals surface area contributed by atoms with E-state index in [0.717, 1.165) is 42.3 Å². The van der Waals surface area contributed by atoms with E-state index in [1.54, 1.807) is 0 Å². The van der Waals surface area contributed by atoms with Crippen molar-refractivity contribution in [3.63, 3.8) is 0 Å². The monoisotopic (exact) mass is 1100 g/mol. The Morgan fingerprint density at radius 2 is 0.949 bits per heavy atom. The van der Waals surface area contributed by atoms with Crippen LogP contribution in [-0.2, 0) is 10.1 Å². The van der Waals surface area contributed by atoms with E-state index in [1.165, 1.54) is 22.7 Å². The van der Waals surface area contributed by atoms with Crippen LogP contribution in [0.4, 0.5) is 0 Å². The number of hydrogen-bond donors (Lipinski definition) is 1. The first kappa shape index (κ1) is 51.0. The van der Waals surface area contributed by atoms with Gasteiger partial charge in [0.15, 0.2) is 0 Å². The van der Waals surface area contributed by atoms with E-state index in [0.29, 0.717) is 75.9 Å². The second-order valence-electron chi connectivity index (χ2n) is 18.8. The van der Waals surface area contributed by atoms with Crippen molar-refractivity contribution in [2.75, 3.05) is 12.4 Å². The van der Waals surface area contributed by atoms with Crippen molar-refractivity contribution < 1.29 is 17.7 Å². The van der Waals surface area contributed by atoms with Gasteiger partial charge >= 0.3 is 13.7 Å². The number of para-hydroxylation sites is 2. The van der Waals surface area contributed by atoms with Crippen LogP contribution in [-0.4, -0.2) is 57.9 Å². The Morgan fingerprint density at radius 3 is 1.38 bits per heavy atom. The number of nitrogens with zero attached hydrogens (tertiary/aromatic N) is 6. The summed E-state index contributed by atoms with van der Waals surface area (Å²) in [7, 11) is -4.19. The van der Waals surface area contributed by atoms with Gasteiger partial charge in [0.25, 0.3) is 10.1 Å². The minimum absolute atomic E-state index is 0.0356. The summed E-state index contributed by atoms with van der Waals surface area (Å²) in [6, 6.07) is 77.3. The van der Waals surface area contributed by atoms with E-state index in [9.17, 15) is 23.5 Å². The first-order valence-corrected chi connectivity index (χ1v) is 29.0. The second-order valence-corrected chi connectivity index (χ2v) is 22.8. The molecule has 4 aromatic heterocycles. The number of halogens is 1. The Bertz CT molecular complexity index is 4340. The molecule has 0 radical (unpaired) electrons. The van der Waals surface area contributed by atoms with Gasteiger partial charge in [-0.2, -0.15) is 18.9 Å². The molecule has 79 heavy (non-hydrogen) atoms. The van der Waals surface area contributed by atoms with Crippen molar-refractivity contribution in [1.29, 1.82) is 10.5 Å². The van der Waals surface area contributed by atoms with Crippen molar-refractivity contribution in [3.05, 3.63) is 244 Å². The van der Waals surface area contributed by atoms with Crippen LogP contribution in [0, 0.1) is 22.7 Å². The van der Waals surface area contributed by atoms with Gasteiger partial charge in [0.1, 0.15) is 39.0 Å². The number of ether oxygens (including phenoxy) is 1. The molecule has 0 bridgehead atoms. The fraction of sp³-hybridized carbons (Fsp3) is 0.0476. The predicted octanol–water partition coefficient (Wildman–Crippen LogP) is 10.1. The summed E-state index contributed by atoms with van der Waals surface area (Å²) in [6.45, 7) is -1.18. The molecule has 12 aromatic rings. The zero-order chi connectivity index (χ0) is 54.0. The Hall–Kier alpha value is -8.79. The van der Waals surface area contributed by atoms with Gasteiger partial charge in [0.2, 0.25) is 0 Å². The molecule has 0 fully saturated rings. The maximum atomic E-state index is 12.2. The molecule has 0 aliphatic heterocycles. The number of nitriles is 2. The van der Waals surface area contributed by atoms with Crippen LogP contribution in [0.5, 0.6) is 5.75 Å². The summed E-state index contributed by atoms with van der Waals surface area (Å²) in [4.78, 5) is 10.5. The fourth-order valence-electron chi connectivity index (χ4n) is 10.6. The molecule has 12 rings (SSSR count). The molecule has 4 heterocycles. The lowest BCUT2D eigenvalue weighted by molar-refractivity contribution is 0.316. The average Bonchev–Trinajstić information content (AvgIpc) is 3.11. The highest BCUT2D eigenvalue weighted by Gasteiger charge is 2.38. The summed E-state index contributed by atoms with van der Waals surface area (Å²) >= 11 is 10.5. The molecule has 1 N–H and O–H groups in total. The molecule has 10 nitrogen and oxygen atoms in total. The third kappa shape index (κ3) is 9.84. The van der Waals surface area contributed by atoms with Crippen molar-refractivity contribution in [2.45, 2.75) is 6.42 Å². The molecule has 0 saturated heterocycles. The average molecular weight is 1100 g/mol. The fourth-order valence-corrected chi connectivity index (χ4v) is 13.3. The number of fused-ring (bicyclic) bond motifs is 3. The summed E-state index contributed by atoms with van der Waals surface area (Å²) in [6.07, 6.45) is 0.0754. The number of aromatic nitrogens is 4. The van der Waals surface area contributed by atoms with Crippen LogP contribution in [0.15, 0.2) is 218 Å². The van der Waals surface area contributed by atoms with Crippen LogP contribution >= 0.6 is 34.3 Å². The van der Waals surface area contributed by atoms with Crippen LogP contribution in [0.1, 0.15) is 16.4 Å². The first-order valence-electron chi connectivity index (χ1n) is 25.4. The highest BCUT2D eigenvalue weighted by atomic mass is 35.5. The molecule has 0 saturated carbocycles. The molecule has 380 valence electrons. The molecule has 0 aliphatic carbocycles. The number of benzene rings is 8. The SMILES string of the molecule is N#C/C(c1nc2ccccc2s1)=c1\c2c(-c3ccccc3Cl)n(B(c3ccccc3)c3ccccc3)/c(=C(/C#N)c3nc4ccccc4s3)c2c(-c2ccc(OCCCS(=O)(=O)O)cc2)n1B(c1ccccc1)c1ccccc1.